The van der Waals surface area contributed by atoms with Gasteiger partial charge in [0.15, 0.2) is 0 Å². The predicted molar refractivity (Wildman–Crippen MR) is 107 cm³/mol. The minimum Gasteiger partial charge on any atom is -0.422 e. The highest BCUT2D eigenvalue weighted by Crippen LogP contribution is 2.32. The standard InChI is InChI=1S/C20H14ClNO3S/c1-10-4-6-16-12(7-10)18-13(20(24)25-16)9-17(26-18)19(23)22-15-5-3-11(2)8-14(15)21/h3-9H,1-2H3,(H,22,23). The molecule has 4 aromatic rings. The number of aryl methyl sites for hydroxylation is 2. The molecule has 0 saturated carbocycles. The number of anilines is 1. The third kappa shape index (κ3) is 2.89. The van der Waals surface area contributed by atoms with Gasteiger partial charge in [-0.15, -0.1) is 11.3 Å². The zero-order valence-corrected chi connectivity index (χ0v) is 15.6. The molecule has 0 aliphatic heterocycles. The van der Waals surface area contributed by atoms with E-state index < -0.39 is 5.63 Å². The summed E-state index contributed by atoms with van der Waals surface area (Å²) in [5, 5.41) is 4.51. The van der Waals surface area contributed by atoms with Gasteiger partial charge in [0.25, 0.3) is 5.91 Å². The largest absolute Gasteiger partial charge is 0.422 e. The average Bonchev–Trinajstić information content (AvgIpc) is 3.05. The third-order valence-electron chi connectivity index (χ3n) is 4.13. The summed E-state index contributed by atoms with van der Waals surface area (Å²) < 4.78 is 6.12. The Morgan fingerprint density at radius 2 is 1.77 bits per heavy atom. The number of nitrogens with one attached hydrogen (secondary N) is 1. The molecule has 2 heterocycles. The minimum atomic E-state index is -0.444. The van der Waals surface area contributed by atoms with E-state index in [1.54, 1.807) is 24.3 Å². The second-order valence-corrected chi connectivity index (χ2v) is 7.64. The lowest BCUT2D eigenvalue weighted by atomic mass is 10.1. The first-order valence-electron chi connectivity index (χ1n) is 7.97. The molecule has 130 valence electrons. The molecule has 0 aliphatic rings. The van der Waals surface area contributed by atoms with Crippen LogP contribution in [-0.4, -0.2) is 5.91 Å². The van der Waals surface area contributed by atoms with Crippen LogP contribution in [0.5, 0.6) is 0 Å². The average molecular weight is 384 g/mol. The van der Waals surface area contributed by atoms with Crippen molar-refractivity contribution in [2.24, 2.45) is 0 Å². The zero-order chi connectivity index (χ0) is 18.4. The first-order chi connectivity index (χ1) is 12.4. The Hall–Kier alpha value is -2.63. The fourth-order valence-electron chi connectivity index (χ4n) is 2.83. The van der Waals surface area contributed by atoms with Crippen LogP contribution >= 0.6 is 22.9 Å². The lowest BCUT2D eigenvalue weighted by molar-refractivity contribution is 0.103. The van der Waals surface area contributed by atoms with Gasteiger partial charge in [-0.2, -0.15) is 0 Å². The summed E-state index contributed by atoms with van der Waals surface area (Å²) in [7, 11) is 0. The predicted octanol–water partition coefficient (Wildman–Crippen LogP) is 5.53. The highest BCUT2D eigenvalue weighted by atomic mass is 35.5. The van der Waals surface area contributed by atoms with E-state index in [1.165, 1.54) is 11.3 Å². The van der Waals surface area contributed by atoms with Gasteiger partial charge < -0.3 is 9.73 Å². The number of fused-ring (bicyclic) bond motifs is 3. The van der Waals surface area contributed by atoms with Crippen molar-refractivity contribution in [3.05, 3.63) is 73.9 Å². The van der Waals surface area contributed by atoms with Gasteiger partial charge in [-0.3, -0.25) is 4.79 Å². The van der Waals surface area contributed by atoms with Crippen molar-refractivity contribution in [2.45, 2.75) is 13.8 Å². The summed E-state index contributed by atoms with van der Waals surface area (Å²) in [5.41, 5.74) is 2.67. The fraction of sp³-hybridized carbons (Fsp3) is 0.100. The van der Waals surface area contributed by atoms with Gasteiger partial charge in [0, 0.05) is 5.39 Å². The Labute approximate surface area is 158 Å². The van der Waals surface area contributed by atoms with Gasteiger partial charge in [-0.1, -0.05) is 29.3 Å². The van der Waals surface area contributed by atoms with Crippen molar-refractivity contribution >= 4 is 55.6 Å². The van der Waals surface area contributed by atoms with Crippen LogP contribution in [0.15, 0.2) is 51.7 Å². The van der Waals surface area contributed by atoms with E-state index in [4.69, 9.17) is 16.0 Å². The summed E-state index contributed by atoms with van der Waals surface area (Å²) in [5.74, 6) is -0.308. The quantitative estimate of drug-likeness (QED) is 0.463. The monoisotopic (exact) mass is 383 g/mol. The number of rotatable bonds is 2. The fourth-order valence-corrected chi connectivity index (χ4v) is 4.17. The summed E-state index contributed by atoms with van der Waals surface area (Å²) in [4.78, 5) is 25.3. The number of thiophene rings is 1. The number of amides is 1. The van der Waals surface area contributed by atoms with Gasteiger partial charge in [0.1, 0.15) is 5.58 Å². The van der Waals surface area contributed by atoms with E-state index in [2.05, 4.69) is 5.32 Å². The Morgan fingerprint density at radius 3 is 2.54 bits per heavy atom. The van der Waals surface area contributed by atoms with Gasteiger partial charge in [-0.25, -0.2) is 4.79 Å². The van der Waals surface area contributed by atoms with E-state index in [0.717, 1.165) is 21.2 Å². The van der Waals surface area contributed by atoms with Crippen molar-refractivity contribution in [1.29, 1.82) is 0 Å². The molecule has 26 heavy (non-hydrogen) atoms. The minimum absolute atomic E-state index is 0.308. The smallest absolute Gasteiger partial charge is 0.345 e. The van der Waals surface area contributed by atoms with Crippen molar-refractivity contribution in [2.75, 3.05) is 5.32 Å². The number of hydrogen-bond acceptors (Lipinski definition) is 4. The number of halogens is 1. The van der Waals surface area contributed by atoms with Gasteiger partial charge in [-0.05, 0) is 49.7 Å². The number of carbonyl (C=O) groups is 1. The van der Waals surface area contributed by atoms with Gasteiger partial charge in [0.05, 0.1) is 25.7 Å². The summed E-state index contributed by atoms with van der Waals surface area (Å²) in [6.45, 7) is 3.90. The SMILES string of the molecule is Cc1ccc(NC(=O)c2cc3c(=O)oc4ccc(C)cc4c3s2)c(Cl)c1. The summed E-state index contributed by atoms with van der Waals surface area (Å²) >= 11 is 7.46. The number of hydrogen-bond donors (Lipinski definition) is 1. The Kier molecular flexibility index (Phi) is 4.05. The highest BCUT2D eigenvalue weighted by molar-refractivity contribution is 7.21. The van der Waals surface area contributed by atoms with Crippen LogP contribution in [-0.2, 0) is 0 Å². The molecule has 0 aliphatic carbocycles. The topological polar surface area (TPSA) is 59.3 Å². The Balaban J connectivity index is 1.80. The first-order valence-corrected chi connectivity index (χ1v) is 9.16. The lowest BCUT2D eigenvalue weighted by Gasteiger charge is -2.06. The van der Waals surface area contributed by atoms with Crippen LogP contribution in [0, 0.1) is 13.8 Å². The molecule has 1 N–H and O–H groups in total. The van der Waals surface area contributed by atoms with Crippen LogP contribution < -0.4 is 10.9 Å². The maximum absolute atomic E-state index is 12.6. The van der Waals surface area contributed by atoms with E-state index in [1.807, 2.05) is 32.0 Å². The molecule has 0 bridgehead atoms. The molecule has 0 unspecified atom stereocenters. The molecular weight excluding hydrogens is 370 g/mol. The highest BCUT2D eigenvalue weighted by Gasteiger charge is 2.17. The van der Waals surface area contributed by atoms with E-state index in [0.29, 0.717) is 26.6 Å². The van der Waals surface area contributed by atoms with Crippen LogP contribution in [0.1, 0.15) is 20.8 Å². The summed E-state index contributed by atoms with van der Waals surface area (Å²) in [6, 6.07) is 12.6. The summed E-state index contributed by atoms with van der Waals surface area (Å²) in [6.07, 6.45) is 0. The molecule has 0 saturated heterocycles. The van der Waals surface area contributed by atoms with Crippen LogP contribution in [0.2, 0.25) is 5.02 Å². The van der Waals surface area contributed by atoms with Crippen LogP contribution in [0.25, 0.3) is 21.1 Å². The van der Waals surface area contributed by atoms with E-state index >= 15 is 0 Å². The maximum atomic E-state index is 12.6. The van der Waals surface area contributed by atoms with Crippen LogP contribution in [0.4, 0.5) is 5.69 Å². The van der Waals surface area contributed by atoms with Gasteiger partial charge >= 0.3 is 5.63 Å². The van der Waals surface area contributed by atoms with Gasteiger partial charge in [0.2, 0.25) is 0 Å². The Morgan fingerprint density at radius 1 is 1.04 bits per heavy atom. The first kappa shape index (κ1) is 16.8. The second kappa shape index (κ2) is 6.27. The van der Waals surface area contributed by atoms with E-state index in [-0.39, 0.29) is 5.91 Å². The zero-order valence-electron chi connectivity index (χ0n) is 14.1. The maximum Gasteiger partial charge on any atom is 0.345 e. The van der Waals surface area contributed by atoms with E-state index in [9.17, 15) is 9.59 Å². The molecule has 1 amide bonds. The lowest BCUT2D eigenvalue weighted by Crippen LogP contribution is -2.10. The van der Waals surface area contributed by atoms with Crippen molar-refractivity contribution in [3.8, 4) is 0 Å². The molecule has 0 atom stereocenters. The molecule has 6 heteroatoms. The number of benzene rings is 2. The Bertz CT molecular complexity index is 1240. The van der Waals surface area contributed by atoms with Crippen molar-refractivity contribution in [1.82, 2.24) is 0 Å². The van der Waals surface area contributed by atoms with Crippen molar-refractivity contribution < 1.29 is 9.21 Å². The molecule has 0 spiro atoms. The normalized spacial score (nSPS) is 11.2. The molecule has 4 rings (SSSR count). The molecular formula is C20H14ClNO3S. The molecule has 0 fully saturated rings. The molecule has 4 nitrogen and oxygen atoms in total. The van der Waals surface area contributed by atoms with Crippen LogP contribution in [0.3, 0.4) is 0 Å². The second-order valence-electron chi connectivity index (χ2n) is 6.18. The molecule has 2 aromatic heterocycles. The number of carbonyl (C=O) groups excluding carboxylic acids is 1. The molecule has 2 aromatic carbocycles. The third-order valence-corrected chi connectivity index (χ3v) is 5.61. The van der Waals surface area contributed by atoms with Crippen molar-refractivity contribution in [3.63, 3.8) is 0 Å². The molecule has 0 radical (unpaired) electrons.